The second-order valence-electron chi connectivity index (χ2n) is 5.87. The molecule has 1 aliphatic heterocycles. The number of carbonyl (C=O) groups excluding carboxylic acids is 1. The van der Waals surface area contributed by atoms with Crippen molar-refractivity contribution in [3.63, 3.8) is 0 Å². The van der Waals surface area contributed by atoms with E-state index in [4.69, 9.17) is 11.6 Å². The number of amides is 1. The van der Waals surface area contributed by atoms with E-state index in [1.807, 2.05) is 31.1 Å². The van der Waals surface area contributed by atoms with E-state index >= 15 is 0 Å². The van der Waals surface area contributed by atoms with Crippen LogP contribution in [-0.2, 0) is 7.05 Å². The standard InChI is InChI=1S/C16H20ClN5O/c1-20-11-12(17)10-14(20)16(23)22-8-5-13(6-9-22)21(2)15-4-3-7-18-19-15/h3-4,7,10-11,13H,5-6,8-9H2,1-2H3. The Morgan fingerprint density at radius 2 is 2.13 bits per heavy atom. The summed E-state index contributed by atoms with van der Waals surface area (Å²) in [6.45, 7) is 1.47. The van der Waals surface area contributed by atoms with Crippen LogP contribution in [0, 0.1) is 0 Å². The summed E-state index contributed by atoms with van der Waals surface area (Å²) in [5.41, 5.74) is 0.635. The Morgan fingerprint density at radius 3 is 2.70 bits per heavy atom. The third-order valence-electron chi connectivity index (χ3n) is 4.41. The van der Waals surface area contributed by atoms with Gasteiger partial charge in [-0.25, -0.2) is 0 Å². The van der Waals surface area contributed by atoms with Gasteiger partial charge >= 0.3 is 0 Å². The smallest absolute Gasteiger partial charge is 0.270 e. The molecular weight excluding hydrogens is 314 g/mol. The van der Waals surface area contributed by atoms with Gasteiger partial charge in [0.05, 0.1) is 5.02 Å². The van der Waals surface area contributed by atoms with Crippen LogP contribution in [0.4, 0.5) is 5.82 Å². The molecule has 7 heteroatoms. The normalized spacial score (nSPS) is 15.7. The van der Waals surface area contributed by atoms with Crippen LogP contribution in [-0.4, -0.2) is 51.8 Å². The zero-order valence-electron chi connectivity index (χ0n) is 13.3. The Bertz CT molecular complexity index is 679. The largest absolute Gasteiger partial charge is 0.355 e. The summed E-state index contributed by atoms with van der Waals surface area (Å²) in [6.07, 6.45) is 5.25. The van der Waals surface area contributed by atoms with Crippen molar-refractivity contribution in [1.29, 1.82) is 0 Å². The van der Waals surface area contributed by atoms with Crippen molar-refractivity contribution in [3.8, 4) is 0 Å². The van der Waals surface area contributed by atoms with Crippen molar-refractivity contribution >= 4 is 23.3 Å². The van der Waals surface area contributed by atoms with Gasteiger partial charge in [0, 0.05) is 45.6 Å². The average Bonchev–Trinajstić information content (AvgIpc) is 2.93. The van der Waals surface area contributed by atoms with Crippen LogP contribution in [0.3, 0.4) is 0 Å². The lowest BCUT2D eigenvalue weighted by atomic mass is 10.0. The molecule has 1 saturated heterocycles. The number of likely N-dealkylation sites (tertiary alicyclic amines) is 1. The fourth-order valence-corrected chi connectivity index (χ4v) is 3.27. The van der Waals surface area contributed by atoms with Crippen molar-refractivity contribution in [1.82, 2.24) is 19.7 Å². The van der Waals surface area contributed by atoms with Crippen molar-refractivity contribution in [3.05, 3.63) is 41.3 Å². The first kappa shape index (κ1) is 15.8. The number of carbonyl (C=O) groups is 1. The van der Waals surface area contributed by atoms with E-state index < -0.39 is 0 Å². The second kappa shape index (κ2) is 6.58. The molecule has 122 valence electrons. The molecule has 0 aromatic carbocycles. The van der Waals surface area contributed by atoms with E-state index in [1.165, 1.54) is 0 Å². The molecule has 0 radical (unpaired) electrons. The van der Waals surface area contributed by atoms with Crippen LogP contribution in [0.25, 0.3) is 0 Å². The number of aromatic nitrogens is 3. The minimum atomic E-state index is 0.0417. The monoisotopic (exact) mass is 333 g/mol. The second-order valence-corrected chi connectivity index (χ2v) is 6.31. The van der Waals surface area contributed by atoms with E-state index in [0.29, 0.717) is 16.8 Å². The van der Waals surface area contributed by atoms with Gasteiger partial charge in [-0.1, -0.05) is 11.6 Å². The number of hydrogen-bond acceptors (Lipinski definition) is 4. The highest BCUT2D eigenvalue weighted by atomic mass is 35.5. The van der Waals surface area contributed by atoms with Crippen LogP contribution >= 0.6 is 11.6 Å². The molecule has 3 heterocycles. The summed E-state index contributed by atoms with van der Waals surface area (Å²) < 4.78 is 1.78. The zero-order valence-corrected chi connectivity index (χ0v) is 14.1. The number of piperidine rings is 1. The molecule has 0 bridgehead atoms. The molecule has 1 fully saturated rings. The minimum absolute atomic E-state index is 0.0417. The van der Waals surface area contributed by atoms with Gasteiger partial charge in [-0.05, 0) is 31.0 Å². The van der Waals surface area contributed by atoms with E-state index in [9.17, 15) is 4.79 Å². The number of aryl methyl sites for hydroxylation is 1. The molecule has 3 rings (SSSR count). The Morgan fingerprint density at radius 1 is 1.39 bits per heavy atom. The fourth-order valence-electron chi connectivity index (χ4n) is 3.02. The highest BCUT2D eigenvalue weighted by Gasteiger charge is 2.27. The number of halogens is 1. The van der Waals surface area contributed by atoms with Crippen molar-refractivity contribution in [2.24, 2.45) is 7.05 Å². The topological polar surface area (TPSA) is 54.3 Å². The molecule has 2 aromatic heterocycles. The summed E-state index contributed by atoms with van der Waals surface area (Å²) in [7, 11) is 3.87. The molecule has 0 aliphatic carbocycles. The van der Waals surface area contributed by atoms with E-state index in [0.717, 1.165) is 31.7 Å². The summed E-state index contributed by atoms with van der Waals surface area (Å²) in [6, 6.07) is 5.93. The molecule has 0 N–H and O–H groups in total. The maximum atomic E-state index is 12.6. The van der Waals surface area contributed by atoms with Crippen molar-refractivity contribution in [2.75, 3.05) is 25.0 Å². The van der Waals surface area contributed by atoms with Crippen LogP contribution < -0.4 is 4.90 Å². The third kappa shape index (κ3) is 3.32. The molecule has 0 unspecified atom stereocenters. The minimum Gasteiger partial charge on any atom is -0.355 e. The number of anilines is 1. The lowest BCUT2D eigenvalue weighted by Gasteiger charge is -2.37. The van der Waals surface area contributed by atoms with Gasteiger partial charge < -0.3 is 14.4 Å². The van der Waals surface area contributed by atoms with Gasteiger partial charge in [0.25, 0.3) is 5.91 Å². The van der Waals surface area contributed by atoms with Crippen molar-refractivity contribution in [2.45, 2.75) is 18.9 Å². The van der Waals surface area contributed by atoms with Crippen LogP contribution in [0.15, 0.2) is 30.6 Å². The van der Waals surface area contributed by atoms with Crippen molar-refractivity contribution < 1.29 is 4.79 Å². The Labute approximate surface area is 140 Å². The van der Waals surface area contributed by atoms with Gasteiger partial charge in [-0.3, -0.25) is 4.79 Å². The average molecular weight is 334 g/mol. The van der Waals surface area contributed by atoms with Gasteiger partial charge in [0.15, 0.2) is 5.82 Å². The summed E-state index contributed by atoms with van der Waals surface area (Å²) in [5.74, 6) is 0.909. The van der Waals surface area contributed by atoms with Crippen LogP contribution in [0.5, 0.6) is 0 Å². The van der Waals surface area contributed by atoms with Gasteiger partial charge in [0.1, 0.15) is 5.69 Å². The first-order valence-corrected chi connectivity index (χ1v) is 8.05. The predicted molar refractivity (Wildman–Crippen MR) is 89.8 cm³/mol. The van der Waals surface area contributed by atoms with E-state index in [-0.39, 0.29) is 5.91 Å². The first-order chi connectivity index (χ1) is 11.1. The van der Waals surface area contributed by atoms with Crippen LogP contribution in [0.1, 0.15) is 23.3 Å². The lowest BCUT2D eigenvalue weighted by molar-refractivity contribution is 0.0703. The maximum absolute atomic E-state index is 12.6. The zero-order chi connectivity index (χ0) is 16.4. The van der Waals surface area contributed by atoms with Gasteiger partial charge in [-0.2, -0.15) is 5.10 Å². The molecule has 1 aliphatic rings. The lowest BCUT2D eigenvalue weighted by Crippen LogP contribution is -2.46. The molecule has 1 amide bonds. The molecule has 0 saturated carbocycles. The molecule has 23 heavy (non-hydrogen) atoms. The predicted octanol–water partition coefficient (Wildman–Crippen LogP) is 2.21. The van der Waals surface area contributed by atoms with Crippen LogP contribution in [0.2, 0.25) is 5.02 Å². The summed E-state index contributed by atoms with van der Waals surface area (Å²) in [4.78, 5) is 16.6. The third-order valence-corrected chi connectivity index (χ3v) is 4.62. The Hall–Kier alpha value is -2.08. The fraction of sp³-hybridized carbons (Fsp3) is 0.438. The quantitative estimate of drug-likeness (QED) is 0.864. The number of hydrogen-bond donors (Lipinski definition) is 0. The summed E-state index contributed by atoms with van der Waals surface area (Å²) >= 11 is 5.97. The Balaban J connectivity index is 1.62. The maximum Gasteiger partial charge on any atom is 0.270 e. The van der Waals surface area contributed by atoms with E-state index in [2.05, 4.69) is 15.1 Å². The number of nitrogens with zero attached hydrogens (tertiary/aromatic N) is 5. The molecular formula is C16H20ClN5O. The summed E-state index contributed by atoms with van der Waals surface area (Å²) in [5, 5.41) is 8.66. The van der Waals surface area contributed by atoms with E-state index in [1.54, 1.807) is 23.0 Å². The van der Waals surface area contributed by atoms with Gasteiger partial charge in [-0.15, -0.1) is 5.10 Å². The molecule has 2 aromatic rings. The highest BCUT2D eigenvalue weighted by molar-refractivity contribution is 6.31. The highest BCUT2D eigenvalue weighted by Crippen LogP contribution is 2.22. The number of rotatable bonds is 3. The first-order valence-electron chi connectivity index (χ1n) is 7.68. The van der Waals surface area contributed by atoms with Gasteiger partial charge in [0.2, 0.25) is 0 Å². The molecule has 0 atom stereocenters. The molecule has 0 spiro atoms. The molecule has 6 nitrogen and oxygen atoms in total. The SMILES string of the molecule is CN(c1cccnn1)C1CCN(C(=O)c2cc(Cl)cn2C)CC1. The Kier molecular flexibility index (Phi) is 4.52.